The average molecular weight is 269 g/mol. The summed E-state index contributed by atoms with van der Waals surface area (Å²) in [5.74, 6) is -3.67. The molecule has 1 aliphatic rings. The summed E-state index contributed by atoms with van der Waals surface area (Å²) >= 11 is 0. The van der Waals surface area contributed by atoms with E-state index in [0.29, 0.717) is 25.7 Å². The largest absolute Gasteiger partial charge is 0.480 e. The van der Waals surface area contributed by atoms with Crippen molar-refractivity contribution < 1.29 is 23.5 Å². The van der Waals surface area contributed by atoms with E-state index in [0.717, 1.165) is 18.2 Å². The fourth-order valence-corrected chi connectivity index (χ4v) is 2.33. The Morgan fingerprint density at radius 2 is 1.84 bits per heavy atom. The van der Waals surface area contributed by atoms with Gasteiger partial charge in [-0.15, -0.1) is 0 Å². The molecule has 2 N–H and O–H groups in total. The van der Waals surface area contributed by atoms with Crippen LogP contribution >= 0.6 is 0 Å². The first kappa shape index (κ1) is 13.5. The van der Waals surface area contributed by atoms with Crippen LogP contribution in [0.1, 0.15) is 36.0 Å². The van der Waals surface area contributed by atoms with Gasteiger partial charge in [-0.05, 0) is 31.0 Å². The predicted molar refractivity (Wildman–Crippen MR) is 62.7 cm³/mol. The van der Waals surface area contributed by atoms with E-state index in [4.69, 9.17) is 0 Å². The van der Waals surface area contributed by atoms with Crippen molar-refractivity contribution in [3.8, 4) is 0 Å². The number of halogens is 2. The van der Waals surface area contributed by atoms with Crippen LogP contribution in [0.5, 0.6) is 0 Å². The van der Waals surface area contributed by atoms with Gasteiger partial charge in [0, 0.05) is 0 Å². The summed E-state index contributed by atoms with van der Waals surface area (Å²) in [6.45, 7) is 0. The lowest BCUT2D eigenvalue weighted by Gasteiger charge is -2.25. The summed E-state index contributed by atoms with van der Waals surface area (Å²) in [4.78, 5) is 23.2. The Hall–Kier alpha value is -1.98. The molecule has 1 saturated carbocycles. The maximum Gasteiger partial charge on any atom is 0.329 e. The second-order valence-electron chi connectivity index (χ2n) is 4.67. The van der Waals surface area contributed by atoms with Gasteiger partial charge in [0.25, 0.3) is 5.91 Å². The Balaban J connectivity index is 2.25. The van der Waals surface area contributed by atoms with E-state index < -0.39 is 34.6 Å². The first-order chi connectivity index (χ1) is 8.94. The van der Waals surface area contributed by atoms with Gasteiger partial charge in [0.15, 0.2) is 0 Å². The van der Waals surface area contributed by atoms with Gasteiger partial charge in [0.1, 0.15) is 17.2 Å². The zero-order valence-electron chi connectivity index (χ0n) is 10.1. The molecule has 2 rings (SSSR count). The molecule has 4 nitrogen and oxygen atoms in total. The second-order valence-corrected chi connectivity index (χ2v) is 4.67. The Bertz CT molecular complexity index is 525. The molecule has 1 amide bonds. The molecule has 102 valence electrons. The maximum absolute atomic E-state index is 13.4. The van der Waals surface area contributed by atoms with Crippen molar-refractivity contribution in [3.05, 3.63) is 35.4 Å². The molecule has 6 heteroatoms. The molecule has 19 heavy (non-hydrogen) atoms. The number of hydrogen-bond donors (Lipinski definition) is 2. The number of carboxylic acids is 1. The summed E-state index contributed by atoms with van der Waals surface area (Å²) in [5, 5.41) is 11.5. The smallest absolute Gasteiger partial charge is 0.329 e. The first-order valence-electron chi connectivity index (χ1n) is 5.95. The van der Waals surface area contributed by atoms with Gasteiger partial charge in [0.05, 0.1) is 5.56 Å². The molecule has 1 aliphatic carbocycles. The highest BCUT2D eigenvalue weighted by atomic mass is 19.1. The quantitative estimate of drug-likeness (QED) is 0.883. The van der Waals surface area contributed by atoms with Gasteiger partial charge in [-0.2, -0.15) is 0 Å². The fraction of sp³-hybridized carbons (Fsp3) is 0.385. The summed E-state index contributed by atoms with van der Waals surface area (Å²) in [6, 6.07) is 2.50. The van der Waals surface area contributed by atoms with Crippen molar-refractivity contribution in [2.24, 2.45) is 0 Å². The van der Waals surface area contributed by atoms with Gasteiger partial charge in [-0.1, -0.05) is 12.8 Å². The molecule has 0 aromatic heterocycles. The van der Waals surface area contributed by atoms with E-state index in [2.05, 4.69) is 5.32 Å². The Kier molecular flexibility index (Phi) is 3.50. The molecule has 0 unspecified atom stereocenters. The molecule has 0 atom stereocenters. The van der Waals surface area contributed by atoms with Crippen LogP contribution in [0, 0.1) is 11.6 Å². The number of carboxylic acid groups (broad SMARTS) is 1. The van der Waals surface area contributed by atoms with Crippen molar-refractivity contribution in [1.29, 1.82) is 0 Å². The van der Waals surface area contributed by atoms with Crippen LogP contribution < -0.4 is 5.32 Å². The van der Waals surface area contributed by atoms with Crippen molar-refractivity contribution >= 4 is 11.9 Å². The number of carbonyl (C=O) groups is 2. The Morgan fingerprint density at radius 1 is 1.21 bits per heavy atom. The lowest BCUT2D eigenvalue weighted by atomic mass is 9.97. The number of hydrogen-bond acceptors (Lipinski definition) is 2. The molecule has 0 heterocycles. The van der Waals surface area contributed by atoms with E-state index in [1.165, 1.54) is 0 Å². The van der Waals surface area contributed by atoms with Crippen LogP contribution in [0.25, 0.3) is 0 Å². The zero-order chi connectivity index (χ0) is 14.0. The molecule has 1 fully saturated rings. The second kappa shape index (κ2) is 4.95. The minimum absolute atomic E-state index is 0.297. The minimum Gasteiger partial charge on any atom is -0.480 e. The Labute approximate surface area is 108 Å². The van der Waals surface area contributed by atoms with Crippen LogP contribution in [0.4, 0.5) is 8.78 Å². The predicted octanol–water partition coefficient (Wildman–Crippen LogP) is 2.09. The number of amides is 1. The van der Waals surface area contributed by atoms with Gasteiger partial charge in [-0.25, -0.2) is 13.6 Å². The highest BCUT2D eigenvalue weighted by Gasteiger charge is 2.43. The molecule has 1 aromatic rings. The SMILES string of the molecule is O=C(NC1(C(=O)O)CCCC1)c1cc(F)ccc1F. The average Bonchev–Trinajstić information content (AvgIpc) is 2.82. The summed E-state index contributed by atoms with van der Waals surface area (Å²) in [5.41, 5.74) is -1.84. The molecule has 1 aromatic carbocycles. The molecular formula is C13H13F2NO3. The van der Waals surface area contributed by atoms with E-state index >= 15 is 0 Å². The van der Waals surface area contributed by atoms with Crippen molar-refractivity contribution in [2.75, 3.05) is 0 Å². The minimum atomic E-state index is -1.37. The van der Waals surface area contributed by atoms with E-state index in [9.17, 15) is 23.5 Å². The maximum atomic E-state index is 13.4. The third-order valence-electron chi connectivity index (χ3n) is 3.39. The first-order valence-corrected chi connectivity index (χ1v) is 5.95. The lowest BCUT2D eigenvalue weighted by molar-refractivity contribution is -0.144. The number of rotatable bonds is 3. The normalized spacial score (nSPS) is 17.2. The zero-order valence-corrected chi connectivity index (χ0v) is 10.1. The summed E-state index contributed by atoms with van der Waals surface area (Å²) in [6.07, 6.45) is 1.95. The highest BCUT2D eigenvalue weighted by molar-refractivity contribution is 5.98. The van der Waals surface area contributed by atoms with Crippen LogP contribution in [-0.4, -0.2) is 22.5 Å². The van der Waals surface area contributed by atoms with Crippen molar-refractivity contribution in [3.63, 3.8) is 0 Å². The van der Waals surface area contributed by atoms with Crippen LogP contribution in [0.2, 0.25) is 0 Å². The summed E-state index contributed by atoms with van der Waals surface area (Å²) < 4.78 is 26.5. The molecule has 0 bridgehead atoms. The van der Waals surface area contributed by atoms with E-state index in [-0.39, 0.29) is 0 Å². The van der Waals surface area contributed by atoms with Crippen molar-refractivity contribution in [1.82, 2.24) is 5.32 Å². The van der Waals surface area contributed by atoms with Gasteiger partial charge in [-0.3, -0.25) is 4.79 Å². The Morgan fingerprint density at radius 3 is 2.42 bits per heavy atom. The lowest BCUT2D eigenvalue weighted by Crippen LogP contribution is -2.52. The monoisotopic (exact) mass is 269 g/mol. The highest BCUT2D eigenvalue weighted by Crippen LogP contribution is 2.30. The molecule has 0 radical (unpaired) electrons. The van der Waals surface area contributed by atoms with Gasteiger partial charge >= 0.3 is 5.97 Å². The standard InChI is InChI=1S/C13H13F2NO3/c14-8-3-4-10(15)9(7-8)11(17)16-13(12(18)19)5-1-2-6-13/h3-4,7H,1-2,5-6H2,(H,16,17)(H,18,19). The topological polar surface area (TPSA) is 66.4 Å². The summed E-state index contributed by atoms with van der Waals surface area (Å²) in [7, 11) is 0. The van der Waals surface area contributed by atoms with Gasteiger partial charge in [0.2, 0.25) is 0 Å². The molecule has 0 saturated heterocycles. The number of benzene rings is 1. The number of aliphatic carboxylic acids is 1. The number of nitrogens with one attached hydrogen (secondary N) is 1. The fourth-order valence-electron chi connectivity index (χ4n) is 2.33. The third kappa shape index (κ3) is 2.57. The molecular weight excluding hydrogens is 256 g/mol. The molecule has 0 spiro atoms. The van der Waals surface area contributed by atoms with Crippen LogP contribution in [0.15, 0.2) is 18.2 Å². The van der Waals surface area contributed by atoms with Crippen molar-refractivity contribution in [2.45, 2.75) is 31.2 Å². The van der Waals surface area contributed by atoms with E-state index in [1.54, 1.807) is 0 Å². The van der Waals surface area contributed by atoms with Crippen LogP contribution in [-0.2, 0) is 4.79 Å². The van der Waals surface area contributed by atoms with E-state index in [1.807, 2.05) is 0 Å². The molecule has 0 aliphatic heterocycles. The van der Waals surface area contributed by atoms with Crippen LogP contribution in [0.3, 0.4) is 0 Å². The third-order valence-corrected chi connectivity index (χ3v) is 3.39. The van der Waals surface area contributed by atoms with Gasteiger partial charge < -0.3 is 10.4 Å². The number of carbonyl (C=O) groups excluding carboxylic acids is 1.